The molecule has 1 fully saturated rings. The standard InChI is InChI=1S/C16H23FN2O/c1-13(2)19-11-9-18(10-12-19)8-7-16(20)14-5-3-4-6-15(14)17/h3-6,13H,7-12H2,1-2H3. The third-order valence-electron chi connectivity index (χ3n) is 3.97. The Bertz CT molecular complexity index is 454. The van der Waals surface area contributed by atoms with E-state index in [1.54, 1.807) is 18.2 Å². The monoisotopic (exact) mass is 278 g/mol. The Balaban J connectivity index is 1.79. The van der Waals surface area contributed by atoms with Crippen molar-refractivity contribution in [1.82, 2.24) is 9.80 Å². The van der Waals surface area contributed by atoms with Crippen LogP contribution in [0.25, 0.3) is 0 Å². The molecule has 4 heteroatoms. The summed E-state index contributed by atoms with van der Waals surface area (Å²) in [4.78, 5) is 16.7. The van der Waals surface area contributed by atoms with Gasteiger partial charge in [0.1, 0.15) is 5.82 Å². The van der Waals surface area contributed by atoms with Crippen molar-refractivity contribution >= 4 is 5.78 Å². The highest BCUT2D eigenvalue weighted by atomic mass is 19.1. The van der Waals surface area contributed by atoms with E-state index >= 15 is 0 Å². The molecular formula is C16H23FN2O. The molecule has 1 saturated heterocycles. The quantitative estimate of drug-likeness (QED) is 0.773. The maximum absolute atomic E-state index is 13.5. The Morgan fingerprint density at radius 3 is 2.45 bits per heavy atom. The normalized spacial score (nSPS) is 17.6. The first-order chi connectivity index (χ1) is 9.58. The van der Waals surface area contributed by atoms with Gasteiger partial charge in [-0.25, -0.2) is 4.39 Å². The van der Waals surface area contributed by atoms with Gasteiger partial charge in [-0.2, -0.15) is 0 Å². The molecule has 0 N–H and O–H groups in total. The highest BCUT2D eigenvalue weighted by molar-refractivity contribution is 5.96. The van der Waals surface area contributed by atoms with Crippen molar-refractivity contribution in [2.75, 3.05) is 32.7 Å². The molecular weight excluding hydrogens is 255 g/mol. The van der Waals surface area contributed by atoms with E-state index in [1.807, 2.05) is 0 Å². The lowest BCUT2D eigenvalue weighted by molar-refractivity contribution is 0.0887. The van der Waals surface area contributed by atoms with Gasteiger partial charge in [-0.1, -0.05) is 12.1 Å². The zero-order valence-corrected chi connectivity index (χ0v) is 12.3. The van der Waals surface area contributed by atoms with Crippen molar-refractivity contribution in [3.05, 3.63) is 35.6 Å². The van der Waals surface area contributed by atoms with E-state index in [2.05, 4.69) is 23.6 Å². The minimum absolute atomic E-state index is 0.102. The van der Waals surface area contributed by atoms with Gasteiger partial charge in [0.05, 0.1) is 5.56 Å². The number of carbonyl (C=O) groups is 1. The number of piperazine rings is 1. The second-order valence-electron chi connectivity index (χ2n) is 5.62. The number of carbonyl (C=O) groups excluding carboxylic acids is 1. The topological polar surface area (TPSA) is 23.6 Å². The number of halogens is 1. The summed E-state index contributed by atoms with van der Waals surface area (Å²) in [5, 5.41) is 0. The number of hydrogen-bond acceptors (Lipinski definition) is 3. The molecule has 1 aromatic carbocycles. The first kappa shape index (κ1) is 15.1. The molecule has 0 bridgehead atoms. The Hall–Kier alpha value is -1.26. The Morgan fingerprint density at radius 1 is 1.20 bits per heavy atom. The van der Waals surface area contributed by atoms with E-state index in [4.69, 9.17) is 0 Å². The van der Waals surface area contributed by atoms with Gasteiger partial charge in [-0.15, -0.1) is 0 Å². The number of hydrogen-bond donors (Lipinski definition) is 0. The number of ketones is 1. The summed E-state index contributed by atoms with van der Waals surface area (Å²) in [6.07, 6.45) is 0.391. The van der Waals surface area contributed by atoms with Crippen molar-refractivity contribution in [2.45, 2.75) is 26.3 Å². The fourth-order valence-corrected chi connectivity index (χ4v) is 2.59. The second-order valence-corrected chi connectivity index (χ2v) is 5.62. The molecule has 1 heterocycles. The molecule has 1 aromatic rings. The summed E-state index contributed by atoms with van der Waals surface area (Å²) in [5.74, 6) is -0.517. The van der Waals surface area contributed by atoms with Crippen LogP contribution in [0.5, 0.6) is 0 Å². The molecule has 0 aliphatic carbocycles. The van der Waals surface area contributed by atoms with E-state index in [-0.39, 0.29) is 11.3 Å². The molecule has 3 nitrogen and oxygen atoms in total. The van der Waals surface area contributed by atoms with E-state index in [1.165, 1.54) is 6.07 Å². The van der Waals surface area contributed by atoms with Gasteiger partial charge in [-0.3, -0.25) is 9.69 Å². The molecule has 2 rings (SSSR count). The average Bonchev–Trinajstić information content (AvgIpc) is 2.45. The third kappa shape index (κ3) is 3.87. The predicted octanol–water partition coefficient (Wildman–Crippen LogP) is 2.42. The summed E-state index contributed by atoms with van der Waals surface area (Å²) in [5.41, 5.74) is 0.216. The van der Waals surface area contributed by atoms with Crippen LogP contribution >= 0.6 is 0 Å². The smallest absolute Gasteiger partial charge is 0.167 e. The van der Waals surface area contributed by atoms with Crippen LogP contribution in [0.3, 0.4) is 0 Å². The molecule has 0 unspecified atom stereocenters. The first-order valence-electron chi connectivity index (χ1n) is 7.32. The first-order valence-corrected chi connectivity index (χ1v) is 7.32. The van der Waals surface area contributed by atoms with Crippen molar-refractivity contribution in [1.29, 1.82) is 0 Å². The Labute approximate surface area is 120 Å². The number of nitrogens with zero attached hydrogens (tertiary/aromatic N) is 2. The summed E-state index contributed by atoms with van der Waals surface area (Å²) >= 11 is 0. The van der Waals surface area contributed by atoms with Crippen LogP contribution in [-0.4, -0.2) is 54.3 Å². The van der Waals surface area contributed by atoms with Crippen LogP contribution in [-0.2, 0) is 0 Å². The second kappa shape index (κ2) is 6.95. The average molecular weight is 278 g/mol. The van der Waals surface area contributed by atoms with Gasteiger partial charge < -0.3 is 4.90 Å². The fourth-order valence-electron chi connectivity index (χ4n) is 2.59. The van der Waals surface area contributed by atoms with Crippen LogP contribution < -0.4 is 0 Å². The lowest BCUT2D eigenvalue weighted by Gasteiger charge is -2.36. The van der Waals surface area contributed by atoms with Crippen molar-refractivity contribution in [2.24, 2.45) is 0 Å². The van der Waals surface area contributed by atoms with Gasteiger partial charge in [0, 0.05) is 45.2 Å². The summed E-state index contributed by atoms with van der Waals surface area (Å²) < 4.78 is 13.5. The highest BCUT2D eigenvalue weighted by Crippen LogP contribution is 2.11. The number of benzene rings is 1. The SMILES string of the molecule is CC(C)N1CCN(CCC(=O)c2ccccc2F)CC1. The summed E-state index contributed by atoms with van der Waals surface area (Å²) in [6, 6.07) is 6.80. The molecule has 20 heavy (non-hydrogen) atoms. The molecule has 1 aliphatic heterocycles. The molecule has 0 radical (unpaired) electrons. The van der Waals surface area contributed by atoms with E-state index in [0.717, 1.165) is 32.7 Å². The molecule has 0 saturated carbocycles. The molecule has 0 amide bonds. The fraction of sp³-hybridized carbons (Fsp3) is 0.562. The van der Waals surface area contributed by atoms with Crippen LogP contribution in [0, 0.1) is 5.82 Å². The Morgan fingerprint density at radius 2 is 1.85 bits per heavy atom. The van der Waals surface area contributed by atoms with Crippen LogP contribution in [0.1, 0.15) is 30.6 Å². The minimum atomic E-state index is -0.415. The van der Waals surface area contributed by atoms with Crippen LogP contribution in [0.15, 0.2) is 24.3 Å². The van der Waals surface area contributed by atoms with E-state index in [0.29, 0.717) is 12.5 Å². The molecule has 0 spiro atoms. The van der Waals surface area contributed by atoms with Crippen LogP contribution in [0.2, 0.25) is 0 Å². The summed E-state index contributed by atoms with van der Waals surface area (Å²) in [7, 11) is 0. The van der Waals surface area contributed by atoms with Gasteiger partial charge >= 0.3 is 0 Å². The maximum Gasteiger partial charge on any atom is 0.167 e. The lowest BCUT2D eigenvalue weighted by Crippen LogP contribution is -2.49. The van der Waals surface area contributed by atoms with Crippen molar-refractivity contribution in [3.8, 4) is 0 Å². The molecule has 0 atom stereocenters. The van der Waals surface area contributed by atoms with E-state index in [9.17, 15) is 9.18 Å². The predicted molar refractivity (Wildman–Crippen MR) is 78.5 cm³/mol. The largest absolute Gasteiger partial charge is 0.300 e. The number of rotatable bonds is 5. The van der Waals surface area contributed by atoms with Crippen LogP contribution in [0.4, 0.5) is 4.39 Å². The van der Waals surface area contributed by atoms with Crippen molar-refractivity contribution < 1.29 is 9.18 Å². The summed E-state index contributed by atoms with van der Waals surface area (Å²) in [6.45, 7) is 9.20. The Kier molecular flexibility index (Phi) is 5.26. The highest BCUT2D eigenvalue weighted by Gasteiger charge is 2.19. The third-order valence-corrected chi connectivity index (χ3v) is 3.97. The molecule has 0 aromatic heterocycles. The van der Waals surface area contributed by atoms with Crippen molar-refractivity contribution in [3.63, 3.8) is 0 Å². The zero-order valence-electron chi connectivity index (χ0n) is 12.3. The van der Waals surface area contributed by atoms with Gasteiger partial charge in [0.25, 0.3) is 0 Å². The zero-order chi connectivity index (χ0) is 14.5. The lowest BCUT2D eigenvalue weighted by atomic mass is 10.1. The molecule has 110 valence electrons. The number of Topliss-reactive ketones (excluding diaryl/α,β-unsaturated/α-hetero) is 1. The van der Waals surface area contributed by atoms with E-state index < -0.39 is 5.82 Å². The maximum atomic E-state index is 13.5. The minimum Gasteiger partial charge on any atom is -0.300 e. The van der Waals surface area contributed by atoms with Gasteiger partial charge in [-0.05, 0) is 26.0 Å². The molecule has 1 aliphatic rings. The van der Waals surface area contributed by atoms with Gasteiger partial charge in [0.15, 0.2) is 5.78 Å². The van der Waals surface area contributed by atoms with Gasteiger partial charge in [0.2, 0.25) is 0 Å².